The van der Waals surface area contributed by atoms with Crippen LogP contribution in [0.3, 0.4) is 0 Å². The van der Waals surface area contributed by atoms with Gasteiger partial charge in [0.1, 0.15) is 11.6 Å². The lowest BCUT2D eigenvalue weighted by Gasteiger charge is -2.20. The summed E-state index contributed by atoms with van der Waals surface area (Å²) in [4.78, 5) is 9.20. The van der Waals surface area contributed by atoms with Crippen molar-refractivity contribution in [3.05, 3.63) is 88.0 Å². The molecule has 1 aliphatic carbocycles. The molecule has 8 heteroatoms. The molecular formula is C28H26F4N4. The van der Waals surface area contributed by atoms with Crippen LogP contribution in [-0.2, 0) is 19.0 Å². The lowest BCUT2D eigenvalue weighted by atomic mass is 9.90. The third kappa shape index (κ3) is 4.79. The van der Waals surface area contributed by atoms with Gasteiger partial charge < -0.3 is 10.6 Å². The van der Waals surface area contributed by atoms with E-state index in [2.05, 4.69) is 33.3 Å². The van der Waals surface area contributed by atoms with Gasteiger partial charge in [0, 0.05) is 29.7 Å². The predicted octanol–water partition coefficient (Wildman–Crippen LogP) is 6.50. The van der Waals surface area contributed by atoms with Crippen LogP contribution in [0.4, 0.5) is 23.4 Å². The zero-order chi connectivity index (χ0) is 25.3. The Bertz CT molecular complexity index is 1360. The van der Waals surface area contributed by atoms with E-state index in [9.17, 15) is 17.6 Å². The molecule has 186 valence electrons. The van der Waals surface area contributed by atoms with E-state index in [0.29, 0.717) is 48.7 Å². The maximum atomic E-state index is 14.3. The van der Waals surface area contributed by atoms with Crippen LogP contribution in [0.1, 0.15) is 53.6 Å². The number of hydrogen-bond donors (Lipinski definition) is 2. The topological polar surface area (TPSA) is 49.8 Å². The third-order valence-electron chi connectivity index (χ3n) is 6.77. The van der Waals surface area contributed by atoms with Crippen molar-refractivity contribution in [3.63, 3.8) is 0 Å². The minimum atomic E-state index is -4.54. The van der Waals surface area contributed by atoms with Crippen LogP contribution in [0.2, 0.25) is 0 Å². The number of allylic oxidation sites excluding steroid dienone is 1. The number of aromatic nitrogens is 2. The first-order chi connectivity index (χ1) is 17.3. The molecule has 5 rings (SSSR count). The van der Waals surface area contributed by atoms with Gasteiger partial charge in [-0.15, -0.1) is 0 Å². The fourth-order valence-electron chi connectivity index (χ4n) is 4.91. The lowest BCUT2D eigenvalue weighted by molar-refractivity contribution is -0.137. The Hall–Kier alpha value is -3.48. The Morgan fingerprint density at radius 1 is 1.06 bits per heavy atom. The van der Waals surface area contributed by atoms with E-state index in [1.54, 1.807) is 12.1 Å². The van der Waals surface area contributed by atoms with Crippen molar-refractivity contribution in [1.29, 1.82) is 0 Å². The molecule has 2 heterocycles. The molecule has 36 heavy (non-hydrogen) atoms. The fourth-order valence-corrected chi connectivity index (χ4v) is 4.91. The molecule has 0 amide bonds. The second-order valence-electron chi connectivity index (χ2n) is 9.04. The number of alkyl halides is 3. The Morgan fingerprint density at radius 2 is 1.86 bits per heavy atom. The van der Waals surface area contributed by atoms with Gasteiger partial charge in [0.05, 0.1) is 17.0 Å². The molecule has 2 aliphatic rings. The van der Waals surface area contributed by atoms with Crippen molar-refractivity contribution in [2.45, 2.75) is 44.7 Å². The van der Waals surface area contributed by atoms with Gasteiger partial charge in [0.2, 0.25) is 0 Å². The molecule has 2 N–H and O–H groups in total. The minimum absolute atomic E-state index is 0.00942. The molecule has 1 aliphatic heterocycles. The van der Waals surface area contributed by atoms with Crippen molar-refractivity contribution in [2.24, 2.45) is 0 Å². The highest BCUT2D eigenvalue weighted by Gasteiger charge is 2.34. The van der Waals surface area contributed by atoms with Gasteiger partial charge in [0.25, 0.3) is 0 Å². The molecule has 1 aromatic heterocycles. The van der Waals surface area contributed by atoms with Crippen LogP contribution in [0.5, 0.6) is 0 Å². The van der Waals surface area contributed by atoms with Crippen molar-refractivity contribution in [2.75, 3.05) is 18.4 Å². The summed E-state index contributed by atoms with van der Waals surface area (Å²) in [5.41, 5.74) is 6.19. The van der Waals surface area contributed by atoms with E-state index in [0.717, 1.165) is 30.0 Å². The number of nitrogens with one attached hydrogen (secondary N) is 2. The molecule has 1 unspecified atom stereocenters. The Labute approximate surface area is 207 Å². The molecule has 1 atom stereocenters. The highest BCUT2D eigenvalue weighted by Crippen LogP contribution is 2.38. The molecule has 0 bridgehead atoms. The number of fused-ring (bicyclic) bond motifs is 2. The van der Waals surface area contributed by atoms with Crippen LogP contribution < -0.4 is 10.6 Å². The van der Waals surface area contributed by atoms with E-state index in [-0.39, 0.29) is 23.1 Å². The molecule has 4 nitrogen and oxygen atoms in total. The number of anilines is 1. The average molecular weight is 495 g/mol. The van der Waals surface area contributed by atoms with E-state index in [1.165, 1.54) is 24.3 Å². The summed E-state index contributed by atoms with van der Waals surface area (Å²) < 4.78 is 55.7. The van der Waals surface area contributed by atoms with Crippen LogP contribution >= 0.6 is 0 Å². The molecule has 0 radical (unpaired) electrons. The molecule has 0 saturated carbocycles. The van der Waals surface area contributed by atoms with Gasteiger partial charge in [-0.25, -0.2) is 14.4 Å². The van der Waals surface area contributed by atoms with E-state index in [1.807, 2.05) is 6.08 Å². The predicted molar refractivity (Wildman–Crippen MR) is 132 cm³/mol. The highest BCUT2D eigenvalue weighted by atomic mass is 19.4. The van der Waals surface area contributed by atoms with E-state index < -0.39 is 11.7 Å². The quantitative estimate of drug-likeness (QED) is 0.321. The average Bonchev–Trinajstić information content (AvgIpc) is 3.20. The summed E-state index contributed by atoms with van der Waals surface area (Å²) in [5.74, 6) is 0.289. The largest absolute Gasteiger partial charge is 0.417 e. The van der Waals surface area contributed by atoms with Crippen LogP contribution in [0.25, 0.3) is 17.1 Å². The van der Waals surface area contributed by atoms with Gasteiger partial charge in [0.15, 0.2) is 5.82 Å². The third-order valence-corrected chi connectivity index (χ3v) is 6.77. The number of rotatable bonds is 4. The molecule has 0 saturated heterocycles. The molecule has 0 fully saturated rings. The first-order valence-electron chi connectivity index (χ1n) is 12.1. The Morgan fingerprint density at radius 3 is 2.67 bits per heavy atom. The summed E-state index contributed by atoms with van der Waals surface area (Å²) in [5, 5.41) is 6.63. The smallest absolute Gasteiger partial charge is 0.333 e. The summed E-state index contributed by atoms with van der Waals surface area (Å²) >= 11 is 0. The molecule has 3 aromatic rings. The second-order valence-corrected chi connectivity index (χ2v) is 9.04. The van der Waals surface area contributed by atoms with Gasteiger partial charge in [-0.3, -0.25) is 0 Å². The normalized spacial score (nSPS) is 17.5. The standard InChI is InChI=1S/C28H26F4N4/c1-2-17-6-5-9-24(22-16-18(29)10-11-19(17)22)34-27-21-12-14-33-15-13-25(21)35-26(36-27)20-7-3-4-8-23(20)28(30,31)32/h3-5,7-8,10-11,16-17,33H,2,6,12-15H2,1H3,(H,34,35,36). The summed E-state index contributed by atoms with van der Waals surface area (Å²) in [6.07, 6.45) is 0.207. The van der Waals surface area contributed by atoms with Crippen molar-refractivity contribution < 1.29 is 17.6 Å². The Balaban J connectivity index is 1.66. The zero-order valence-electron chi connectivity index (χ0n) is 19.8. The Kier molecular flexibility index (Phi) is 6.65. The molecule has 0 spiro atoms. The van der Waals surface area contributed by atoms with Crippen molar-refractivity contribution in [3.8, 4) is 11.4 Å². The fraction of sp³-hybridized carbons (Fsp3) is 0.321. The van der Waals surface area contributed by atoms with Gasteiger partial charge in [-0.05, 0) is 61.6 Å². The highest BCUT2D eigenvalue weighted by molar-refractivity contribution is 5.80. The van der Waals surface area contributed by atoms with Crippen LogP contribution in [0, 0.1) is 5.82 Å². The van der Waals surface area contributed by atoms with E-state index >= 15 is 0 Å². The van der Waals surface area contributed by atoms with Gasteiger partial charge >= 0.3 is 6.18 Å². The van der Waals surface area contributed by atoms with E-state index in [4.69, 9.17) is 0 Å². The van der Waals surface area contributed by atoms with Gasteiger partial charge in [-0.1, -0.05) is 36.9 Å². The summed E-state index contributed by atoms with van der Waals surface area (Å²) in [6.45, 7) is 3.45. The lowest BCUT2D eigenvalue weighted by Crippen LogP contribution is -2.16. The number of nitrogens with zero attached hydrogens (tertiary/aromatic N) is 2. The number of hydrogen-bond acceptors (Lipinski definition) is 4. The van der Waals surface area contributed by atoms with Crippen molar-refractivity contribution in [1.82, 2.24) is 15.3 Å². The van der Waals surface area contributed by atoms with Crippen LogP contribution in [-0.4, -0.2) is 23.1 Å². The molecular weight excluding hydrogens is 468 g/mol. The maximum absolute atomic E-state index is 14.3. The zero-order valence-corrected chi connectivity index (χ0v) is 19.8. The monoisotopic (exact) mass is 494 g/mol. The number of benzene rings is 2. The summed E-state index contributed by atoms with van der Waals surface area (Å²) in [6, 6.07) is 10.1. The number of halogens is 4. The molecule has 2 aromatic carbocycles. The van der Waals surface area contributed by atoms with Gasteiger partial charge in [-0.2, -0.15) is 13.2 Å². The first-order valence-corrected chi connectivity index (χ1v) is 12.1. The van der Waals surface area contributed by atoms with Crippen LogP contribution in [0.15, 0.2) is 54.3 Å². The second kappa shape index (κ2) is 9.88. The summed E-state index contributed by atoms with van der Waals surface area (Å²) in [7, 11) is 0. The maximum Gasteiger partial charge on any atom is 0.417 e. The first kappa shape index (κ1) is 24.2. The minimum Gasteiger partial charge on any atom is -0.333 e. The van der Waals surface area contributed by atoms with Crippen molar-refractivity contribution >= 4 is 11.5 Å². The SMILES string of the molecule is CCC1CC=C=C(Nc2nc(-c3ccccc3C(F)(F)F)nc3c2CCNCC3)c2cc(F)ccc21.